The number of likely N-dealkylation sites (tertiary alicyclic amines) is 1. The second-order valence-corrected chi connectivity index (χ2v) is 19.9. The van der Waals surface area contributed by atoms with Crippen molar-refractivity contribution < 1.29 is 37.1 Å². The number of H-pyrrole nitrogens is 1. The number of piperidine rings is 1. The van der Waals surface area contributed by atoms with Crippen LogP contribution in [0.3, 0.4) is 0 Å². The molecule has 63 heavy (non-hydrogen) atoms. The Hall–Kier alpha value is -5.95. The number of hydrogen-bond acceptors (Lipinski definition) is 12. The number of tetrazole rings is 1. The molecule has 19 heteroatoms. The number of ether oxygens (including phenoxy) is 2. The maximum atomic E-state index is 13.9. The quantitative estimate of drug-likeness (QED) is 0.110. The predicted molar refractivity (Wildman–Crippen MR) is 234 cm³/mol. The van der Waals surface area contributed by atoms with Gasteiger partial charge in [0.05, 0.1) is 0 Å². The van der Waals surface area contributed by atoms with Crippen LogP contribution in [0.15, 0.2) is 71.9 Å². The highest BCUT2D eigenvalue weighted by molar-refractivity contribution is 7.89. The molecule has 4 aromatic rings. The first kappa shape index (κ1) is 46.6. The number of nitrogens with zero attached hydrogens (tertiary/aromatic N) is 5. The van der Waals surface area contributed by atoms with Crippen molar-refractivity contribution >= 4 is 39.7 Å². The number of anilines is 1. The van der Waals surface area contributed by atoms with E-state index in [1.807, 2.05) is 45.0 Å². The van der Waals surface area contributed by atoms with E-state index < -0.39 is 45.4 Å². The number of rotatable bonds is 13. The molecule has 2 fully saturated rings. The number of aromatic amines is 1. The Morgan fingerprint density at radius 1 is 0.825 bits per heavy atom. The van der Waals surface area contributed by atoms with Gasteiger partial charge >= 0.3 is 12.2 Å². The number of nitrogens with one attached hydrogen (secondary N) is 5. The van der Waals surface area contributed by atoms with Crippen molar-refractivity contribution in [1.82, 2.24) is 45.9 Å². The van der Waals surface area contributed by atoms with Crippen LogP contribution < -0.4 is 20.7 Å². The summed E-state index contributed by atoms with van der Waals surface area (Å²) in [5, 5.41) is 22.8. The monoisotopic (exact) mass is 886 g/mol. The first-order valence-corrected chi connectivity index (χ1v) is 22.7. The Labute approximate surface area is 368 Å². The molecule has 0 bridgehead atoms. The molecular weight excluding hydrogens is 829 g/mol. The SMILES string of the molecule is CC(C)(C)OC(=O)NCC1CCC(C(=O)NC(Cc2ccc(-c3cncc(S(=O)(=O)NC4CCN(C(=O)OC(C)(C)C)CC4)c3)cc2)C(=O)Nc2ccc(-c3nn[nH]n3)cc2)CC1. The normalized spacial score (nSPS) is 17.9. The van der Waals surface area contributed by atoms with E-state index in [4.69, 9.17) is 9.47 Å². The van der Waals surface area contributed by atoms with Crippen LogP contribution in [0.5, 0.6) is 0 Å². The molecule has 6 rings (SSSR count). The zero-order valence-corrected chi connectivity index (χ0v) is 37.5. The Morgan fingerprint density at radius 2 is 1.48 bits per heavy atom. The number of pyridine rings is 1. The number of carbonyl (C=O) groups is 4. The molecule has 1 saturated carbocycles. The smallest absolute Gasteiger partial charge is 0.410 e. The van der Waals surface area contributed by atoms with Gasteiger partial charge in [-0.1, -0.05) is 24.3 Å². The second kappa shape index (κ2) is 20.0. The maximum Gasteiger partial charge on any atom is 0.410 e. The Morgan fingerprint density at radius 3 is 2.10 bits per heavy atom. The van der Waals surface area contributed by atoms with Crippen molar-refractivity contribution in [1.29, 1.82) is 0 Å². The van der Waals surface area contributed by atoms with Gasteiger partial charge in [-0.2, -0.15) is 5.21 Å². The lowest BCUT2D eigenvalue weighted by molar-refractivity contribution is -0.130. The van der Waals surface area contributed by atoms with Crippen molar-refractivity contribution in [2.75, 3.05) is 25.0 Å². The van der Waals surface area contributed by atoms with E-state index in [0.717, 1.165) is 18.4 Å². The van der Waals surface area contributed by atoms with Gasteiger partial charge in [0, 0.05) is 67.2 Å². The van der Waals surface area contributed by atoms with E-state index in [-0.39, 0.29) is 35.1 Å². The van der Waals surface area contributed by atoms with E-state index in [1.165, 1.54) is 6.20 Å². The van der Waals surface area contributed by atoms with Crippen molar-refractivity contribution in [3.8, 4) is 22.5 Å². The molecule has 2 aliphatic rings. The first-order valence-electron chi connectivity index (χ1n) is 21.3. The van der Waals surface area contributed by atoms with E-state index in [2.05, 4.69) is 46.3 Å². The van der Waals surface area contributed by atoms with Crippen molar-refractivity contribution in [3.63, 3.8) is 0 Å². The van der Waals surface area contributed by atoms with Crippen LogP contribution in [0.1, 0.15) is 85.6 Å². The van der Waals surface area contributed by atoms with Crippen LogP contribution in [-0.4, -0.2) is 106 Å². The van der Waals surface area contributed by atoms with Crippen LogP contribution in [0.4, 0.5) is 15.3 Å². The van der Waals surface area contributed by atoms with Crippen LogP contribution in [0, 0.1) is 11.8 Å². The second-order valence-electron chi connectivity index (χ2n) is 18.1. The molecule has 1 unspecified atom stereocenters. The molecule has 1 aliphatic carbocycles. The van der Waals surface area contributed by atoms with Crippen LogP contribution >= 0.6 is 0 Å². The summed E-state index contributed by atoms with van der Waals surface area (Å²) in [6.07, 6.45) is 5.75. The Bertz CT molecular complexity index is 2300. The highest BCUT2D eigenvalue weighted by atomic mass is 32.2. The fourth-order valence-corrected chi connectivity index (χ4v) is 8.76. The number of benzene rings is 2. The summed E-state index contributed by atoms with van der Waals surface area (Å²) in [4.78, 5) is 58.1. The molecule has 4 amide bonds. The summed E-state index contributed by atoms with van der Waals surface area (Å²) in [6, 6.07) is 14.5. The number of alkyl carbamates (subject to hydrolysis) is 1. The lowest BCUT2D eigenvalue weighted by Crippen LogP contribution is -2.48. The first-order chi connectivity index (χ1) is 29.8. The maximum absolute atomic E-state index is 13.9. The lowest BCUT2D eigenvalue weighted by atomic mass is 9.81. The summed E-state index contributed by atoms with van der Waals surface area (Å²) in [6.45, 7) is 12.0. The van der Waals surface area contributed by atoms with E-state index in [1.54, 1.807) is 62.2 Å². The third-order valence-electron chi connectivity index (χ3n) is 10.8. The van der Waals surface area contributed by atoms with E-state index in [9.17, 15) is 27.6 Å². The average Bonchev–Trinajstić information content (AvgIpc) is 3.78. The topological polar surface area (TPSA) is 240 Å². The summed E-state index contributed by atoms with van der Waals surface area (Å²) in [5.41, 5.74) is 2.05. The molecular formula is C44H58N10O8S. The van der Waals surface area contributed by atoms with Gasteiger partial charge in [0.1, 0.15) is 22.1 Å². The minimum absolute atomic E-state index is 0.0109. The zero-order valence-electron chi connectivity index (χ0n) is 36.6. The van der Waals surface area contributed by atoms with Gasteiger partial charge in [0.15, 0.2) is 0 Å². The molecule has 338 valence electrons. The van der Waals surface area contributed by atoms with Gasteiger partial charge in [-0.15, -0.1) is 10.2 Å². The molecule has 0 spiro atoms. The molecule has 1 aliphatic heterocycles. The molecule has 2 aromatic heterocycles. The standard InChI is InChI=1S/C44H58N10O8S/c1-43(2,3)61-41(57)46-25-29-9-13-32(14-10-29)39(55)48-37(40(56)47-34-17-15-31(16-18-34)38-49-52-53-50-38)23-28-7-11-30(12-8-28)33-24-36(27-45-26-33)63(59,60)51-35-19-21-54(22-20-35)42(58)62-44(4,5)6/h7-8,11-12,15-18,24,26-27,29,32,35,37,51H,9-10,13-14,19-23,25H2,1-6H3,(H,46,57)(H,47,56)(H,48,55)(H,49,50,52,53). The molecule has 5 N–H and O–H groups in total. The number of amides is 4. The minimum Gasteiger partial charge on any atom is -0.444 e. The van der Waals surface area contributed by atoms with Crippen molar-refractivity contribution in [3.05, 3.63) is 72.6 Å². The number of aromatic nitrogens is 5. The molecule has 18 nitrogen and oxygen atoms in total. The zero-order chi connectivity index (χ0) is 45.4. The molecule has 1 saturated heterocycles. The summed E-state index contributed by atoms with van der Waals surface area (Å²) in [5.74, 6) is -0.307. The summed E-state index contributed by atoms with van der Waals surface area (Å²) in [7, 11) is -3.93. The van der Waals surface area contributed by atoms with Gasteiger partial charge in [0.25, 0.3) is 0 Å². The molecule has 3 heterocycles. The highest BCUT2D eigenvalue weighted by Gasteiger charge is 2.32. The van der Waals surface area contributed by atoms with E-state index in [0.29, 0.717) is 73.5 Å². The fraction of sp³-hybridized carbons (Fsp3) is 0.500. The third-order valence-corrected chi connectivity index (χ3v) is 12.2. The number of hydrogen-bond donors (Lipinski definition) is 5. The average molecular weight is 887 g/mol. The fourth-order valence-electron chi connectivity index (χ4n) is 7.47. The van der Waals surface area contributed by atoms with Crippen LogP contribution in [0.25, 0.3) is 22.5 Å². The highest BCUT2D eigenvalue weighted by Crippen LogP contribution is 2.30. The molecule has 2 aromatic carbocycles. The van der Waals surface area contributed by atoms with Gasteiger partial charge in [-0.05, 0) is 133 Å². The molecule has 0 radical (unpaired) electrons. The van der Waals surface area contributed by atoms with Crippen LogP contribution in [-0.2, 0) is 35.5 Å². The number of carbonyl (C=O) groups excluding carboxylic acids is 4. The van der Waals surface area contributed by atoms with E-state index >= 15 is 0 Å². The lowest BCUT2D eigenvalue weighted by Gasteiger charge is -2.33. The molecule has 1 atom stereocenters. The minimum atomic E-state index is -3.93. The predicted octanol–water partition coefficient (Wildman–Crippen LogP) is 5.60. The number of sulfonamides is 1. The summed E-state index contributed by atoms with van der Waals surface area (Å²) < 4.78 is 40.6. The van der Waals surface area contributed by atoms with Gasteiger partial charge in [-0.25, -0.2) is 22.7 Å². The summed E-state index contributed by atoms with van der Waals surface area (Å²) >= 11 is 0. The largest absolute Gasteiger partial charge is 0.444 e. The van der Waals surface area contributed by atoms with Crippen molar-refractivity contribution in [2.45, 2.75) is 115 Å². The van der Waals surface area contributed by atoms with Crippen molar-refractivity contribution in [2.24, 2.45) is 11.8 Å². The Balaban J connectivity index is 1.09. The van der Waals surface area contributed by atoms with Gasteiger partial charge in [0.2, 0.25) is 27.7 Å². The van der Waals surface area contributed by atoms with Crippen LogP contribution in [0.2, 0.25) is 0 Å². The Kier molecular flexibility index (Phi) is 14.8. The third kappa shape index (κ3) is 13.8. The van der Waals surface area contributed by atoms with Gasteiger partial charge in [-0.3, -0.25) is 14.6 Å². The van der Waals surface area contributed by atoms with Gasteiger partial charge < -0.3 is 30.3 Å².